The molecular weight excluding hydrogens is 278 g/mol. The summed E-state index contributed by atoms with van der Waals surface area (Å²) in [5.74, 6) is -0.324. The van der Waals surface area contributed by atoms with Crippen molar-refractivity contribution in [1.82, 2.24) is 5.32 Å². The van der Waals surface area contributed by atoms with Gasteiger partial charge < -0.3 is 15.5 Å². The maximum absolute atomic E-state index is 12.2. The fourth-order valence-corrected chi connectivity index (χ4v) is 3.27. The molecule has 0 heterocycles. The van der Waals surface area contributed by atoms with Crippen LogP contribution in [0.15, 0.2) is 17.7 Å². The van der Waals surface area contributed by atoms with Gasteiger partial charge in [0.2, 0.25) is 0 Å². The third-order valence-corrected chi connectivity index (χ3v) is 4.32. The lowest BCUT2D eigenvalue weighted by Crippen LogP contribution is -2.20. The van der Waals surface area contributed by atoms with Crippen molar-refractivity contribution < 1.29 is 15.0 Å². The van der Waals surface area contributed by atoms with E-state index in [1.807, 2.05) is 6.92 Å². The first-order valence-electron chi connectivity index (χ1n) is 7.96. The highest BCUT2D eigenvalue weighted by Crippen LogP contribution is 2.43. The molecule has 22 heavy (non-hydrogen) atoms. The van der Waals surface area contributed by atoms with Crippen molar-refractivity contribution in [3.63, 3.8) is 0 Å². The zero-order valence-corrected chi connectivity index (χ0v) is 13.6. The highest BCUT2D eigenvalue weighted by molar-refractivity contribution is 5.99. The number of hydrogen-bond acceptors (Lipinski definition) is 3. The van der Waals surface area contributed by atoms with E-state index < -0.39 is 0 Å². The van der Waals surface area contributed by atoms with E-state index in [-0.39, 0.29) is 23.3 Å². The van der Waals surface area contributed by atoms with Crippen molar-refractivity contribution in [3.05, 3.63) is 34.4 Å². The highest BCUT2D eigenvalue weighted by atomic mass is 16.3. The van der Waals surface area contributed by atoms with Crippen LogP contribution in [0.3, 0.4) is 0 Å². The van der Waals surface area contributed by atoms with Crippen LogP contribution in [-0.2, 0) is 6.42 Å². The molecule has 0 bridgehead atoms. The fraction of sp³-hybridized carbons (Fsp3) is 0.500. The van der Waals surface area contributed by atoms with E-state index in [2.05, 4.69) is 18.3 Å². The van der Waals surface area contributed by atoms with E-state index in [0.717, 1.165) is 25.7 Å². The molecule has 1 unspecified atom stereocenters. The summed E-state index contributed by atoms with van der Waals surface area (Å²) in [4.78, 5) is 12.2. The molecule has 0 aromatic heterocycles. The van der Waals surface area contributed by atoms with Gasteiger partial charge in [0.25, 0.3) is 5.91 Å². The normalized spacial score (nSPS) is 18.0. The molecule has 1 aromatic carbocycles. The lowest BCUT2D eigenvalue weighted by atomic mass is 9.83. The zero-order valence-electron chi connectivity index (χ0n) is 13.6. The molecule has 1 amide bonds. The number of rotatable bonds is 4. The molecule has 4 nitrogen and oxygen atoms in total. The van der Waals surface area contributed by atoms with Crippen molar-refractivity contribution in [2.24, 2.45) is 0 Å². The summed E-state index contributed by atoms with van der Waals surface area (Å²) in [7, 11) is 1.55. The summed E-state index contributed by atoms with van der Waals surface area (Å²) in [5, 5.41) is 23.6. The van der Waals surface area contributed by atoms with Crippen molar-refractivity contribution in [2.75, 3.05) is 7.05 Å². The summed E-state index contributed by atoms with van der Waals surface area (Å²) >= 11 is 0. The Labute approximate surface area is 131 Å². The lowest BCUT2D eigenvalue weighted by molar-refractivity contribution is 0.0959. The number of hydrogen-bond donors (Lipinski definition) is 3. The molecule has 1 aliphatic carbocycles. The predicted molar refractivity (Wildman–Crippen MR) is 87.5 cm³/mol. The molecule has 1 aliphatic rings. The van der Waals surface area contributed by atoms with E-state index in [1.165, 1.54) is 5.57 Å². The minimum atomic E-state index is -0.307. The number of benzene rings is 1. The molecule has 0 fully saturated rings. The molecule has 4 heteroatoms. The van der Waals surface area contributed by atoms with Crippen molar-refractivity contribution >= 4 is 5.91 Å². The number of phenols is 2. The quantitative estimate of drug-likeness (QED) is 0.744. The summed E-state index contributed by atoms with van der Waals surface area (Å²) in [6.07, 6.45) is 6.52. The number of allylic oxidation sites excluding steroid dienone is 2. The number of phenolic OH excluding ortho intramolecular Hbond substituents is 2. The summed E-state index contributed by atoms with van der Waals surface area (Å²) in [6, 6.07) is 1.64. The lowest BCUT2D eigenvalue weighted by Gasteiger charge is -2.23. The molecule has 0 saturated carbocycles. The SMILES string of the molecule is CCCc1cc(O)c(C2C=C(C)CCC2)c(O)c1C(=O)NC. The largest absolute Gasteiger partial charge is 0.507 e. The van der Waals surface area contributed by atoms with Gasteiger partial charge in [-0.25, -0.2) is 0 Å². The van der Waals surface area contributed by atoms with Gasteiger partial charge in [-0.3, -0.25) is 4.79 Å². The Kier molecular flexibility index (Phi) is 5.11. The van der Waals surface area contributed by atoms with E-state index in [1.54, 1.807) is 13.1 Å². The smallest absolute Gasteiger partial charge is 0.255 e. The van der Waals surface area contributed by atoms with Gasteiger partial charge in [-0.05, 0) is 44.2 Å². The molecule has 1 aromatic rings. The van der Waals surface area contributed by atoms with Gasteiger partial charge in [-0.2, -0.15) is 0 Å². The first kappa shape index (κ1) is 16.4. The van der Waals surface area contributed by atoms with Crippen LogP contribution in [0.5, 0.6) is 11.5 Å². The number of nitrogens with one attached hydrogen (secondary N) is 1. The Morgan fingerprint density at radius 3 is 2.73 bits per heavy atom. The average molecular weight is 303 g/mol. The molecule has 0 radical (unpaired) electrons. The molecule has 1 atom stereocenters. The minimum absolute atomic E-state index is 0.0344. The molecule has 120 valence electrons. The number of amides is 1. The van der Waals surface area contributed by atoms with Crippen LogP contribution in [0.1, 0.15) is 66.9 Å². The maximum atomic E-state index is 12.2. The second-order valence-electron chi connectivity index (χ2n) is 6.03. The standard InChI is InChI=1S/C18H25NO3/c1-4-6-12-10-14(20)15(13-8-5-7-11(2)9-13)17(21)16(12)18(22)19-3/h9-10,13,20-21H,4-8H2,1-3H3,(H,19,22). The Bertz CT molecular complexity index is 605. The molecule has 3 N–H and O–H groups in total. The Morgan fingerprint density at radius 2 is 2.14 bits per heavy atom. The molecule has 0 aliphatic heterocycles. The van der Waals surface area contributed by atoms with Crippen LogP contribution < -0.4 is 5.32 Å². The third kappa shape index (κ3) is 3.11. The summed E-state index contributed by atoms with van der Waals surface area (Å²) < 4.78 is 0. The summed E-state index contributed by atoms with van der Waals surface area (Å²) in [6.45, 7) is 4.06. The van der Waals surface area contributed by atoms with E-state index in [9.17, 15) is 15.0 Å². The van der Waals surface area contributed by atoms with Crippen LogP contribution in [0.4, 0.5) is 0 Å². The monoisotopic (exact) mass is 303 g/mol. The Balaban J connectivity index is 2.60. The van der Waals surface area contributed by atoms with E-state index in [0.29, 0.717) is 23.1 Å². The van der Waals surface area contributed by atoms with E-state index >= 15 is 0 Å². The van der Waals surface area contributed by atoms with Gasteiger partial charge >= 0.3 is 0 Å². The highest BCUT2D eigenvalue weighted by Gasteiger charge is 2.26. The van der Waals surface area contributed by atoms with Crippen LogP contribution in [-0.4, -0.2) is 23.2 Å². The van der Waals surface area contributed by atoms with Gasteiger partial charge in [0.1, 0.15) is 11.5 Å². The summed E-state index contributed by atoms with van der Waals surface area (Å²) in [5.41, 5.74) is 2.73. The van der Waals surface area contributed by atoms with Crippen molar-refractivity contribution in [2.45, 2.75) is 51.9 Å². The zero-order chi connectivity index (χ0) is 16.3. The Hall–Kier alpha value is -1.97. The van der Waals surface area contributed by atoms with Crippen molar-refractivity contribution in [3.8, 4) is 11.5 Å². The third-order valence-electron chi connectivity index (χ3n) is 4.32. The van der Waals surface area contributed by atoms with Gasteiger partial charge in [0.05, 0.1) is 5.56 Å². The van der Waals surface area contributed by atoms with Gasteiger partial charge in [0, 0.05) is 18.5 Å². The predicted octanol–water partition coefficient (Wildman–Crippen LogP) is 3.62. The topological polar surface area (TPSA) is 69.6 Å². The molecule has 0 spiro atoms. The number of aryl methyl sites for hydroxylation is 1. The van der Waals surface area contributed by atoms with E-state index in [4.69, 9.17) is 0 Å². The molecule has 2 rings (SSSR count). The first-order chi connectivity index (χ1) is 10.5. The second kappa shape index (κ2) is 6.86. The van der Waals surface area contributed by atoms with Crippen LogP contribution >= 0.6 is 0 Å². The van der Waals surface area contributed by atoms with Gasteiger partial charge in [-0.15, -0.1) is 0 Å². The van der Waals surface area contributed by atoms with Gasteiger partial charge in [-0.1, -0.05) is 25.0 Å². The van der Waals surface area contributed by atoms with Crippen LogP contribution in [0, 0.1) is 0 Å². The number of carbonyl (C=O) groups excluding carboxylic acids is 1. The van der Waals surface area contributed by atoms with Crippen LogP contribution in [0.2, 0.25) is 0 Å². The van der Waals surface area contributed by atoms with Gasteiger partial charge in [0.15, 0.2) is 0 Å². The number of aromatic hydroxyl groups is 2. The van der Waals surface area contributed by atoms with Crippen LogP contribution in [0.25, 0.3) is 0 Å². The molecule has 0 saturated heterocycles. The van der Waals surface area contributed by atoms with Crippen molar-refractivity contribution in [1.29, 1.82) is 0 Å². The second-order valence-corrected chi connectivity index (χ2v) is 6.03. The molecular formula is C18H25NO3. The minimum Gasteiger partial charge on any atom is -0.507 e. The average Bonchev–Trinajstić information content (AvgIpc) is 2.47. The fourth-order valence-electron chi connectivity index (χ4n) is 3.27. The number of carbonyl (C=O) groups is 1. The Morgan fingerprint density at radius 1 is 1.41 bits per heavy atom. The maximum Gasteiger partial charge on any atom is 0.255 e. The first-order valence-corrected chi connectivity index (χ1v) is 7.96.